The molecule has 18 heavy (non-hydrogen) atoms. The minimum Gasteiger partial charge on any atom is -0.481 e. The van der Waals surface area contributed by atoms with Crippen LogP contribution in [0.5, 0.6) is 5.88 Å². The third-order valence-electron chi connectivity index (χ3n) is 3.82. The molecule has 1 saturated heterocycles. The second kappa shape index (κ2) is 6.19. The van der Waals surface area contributed by atoms with E-state index in [1.807, 2.05) is 12.3 Å². The number of pyridine rings is 1. The molecule has 1 aromatic heterocycles. The largest absolute Gasteiger partial charge is 0.481 e. The van der Waals surface area contributed by atoms with Gasteiger partial charge in [-0.15, -0.1) is 0 Å². The summed E-state index contributed by atoms with van der Waals surface area (Å²) in [5, 5.41) is 0. The van der Waals surface area contributed by atoms with Crippen LogP contribution >= 0.6 is 0 Å². The summed E-state index contributed by atoms with van der Waals surface area (Å²) in [6.45, 7) is 6.84. The number of methoxy groups -OCH3 is 1. The van der Waals surface area contributed by atoms with Gasteiger partial charge in [-0.25, -0.2) is 4.98 Å². The molecule has 1 aromatic rings. The van der Waals surface area contributed by atoms with E-state index in [1.54, 1.807) is 7.11 Å². The lowest BCUT2D eigenvalue weighted by molar-refractivity contribution is 0.148. The summed E-state index contributed by atoms with van der Waals surface area (Å²) in [6, 6.07) is 2.60. The predicted octanol–water partition coefficient (Wildman–Crippen LogP) is 3.34. The fourth-order valence-electron chi connectivity index (χ4n) is 2.90. The second-order valence-electron chi connectivity index (χ2n) is 5.13. The molecule has 0 saturated carbocycles. The first kappa shape index (κ1) is 13.3. The van der Waals surface area contributed by atoms with Crippen molar-refractivity contribution >= 4 is 0 Å². The third kappa shape index (κ3) is 2.83. The number of hydrogen-bond donors (Lipinski definition) is 0. The van der Waals surface area contributed by atoms with Crippen molar-refractivity contribution in [2.75, 3.05) is 20.2 Å². The van der Waals surface area contributed by atoms with Gasteiger partial charge in [-0.2, -0.15) is 0 Å². The summed E-state index contributed by atoms with van der Waals surface area (Å²) in [5.74, 6) is 0.717. The van der Waals surface area contributed by atoms with Crippen molar-refractivity contribution in [1.29, 1.82) is 0 Å². The van der Waals surface area contributed by atoms with Crippen LogP contribution in [0.1, 0.15) is 49.8 Å². The van der Waals surface area contributed by atoms with Crippen LogP contribution in [0.2, 0.25) is 0 Å². The molecule has 0 N–H and O–H groups in total. The fraction of sp³-hybridized carbons (Fsp3) is 0.667. The standard InChI is InChI=1S/C15H24N2O/c1-4-8-17-9-6-5-7-14(17)13-11-16-15(18-3)10-12(13)2/h10-11,14H,4-9H2,1-3H3/t14-/m1/s1. The number of aromatic nitrogens is 1. The van der Waals surface area contributed by atoms with Crippen LogP contribution in [0.15, 0.2) is 12.3 Å². The van der Waals surface area contributed by atoms with E-state index in [-0.39, 0.29) is 0 Å². The van der Waals surface area contributed by atoms with Crippen molar-refractivity contribution in [3.63, 3.8) is 0 Å². The van der Waals surface area contributed by atoms with Gasteiger partial charge in [-0.3, -0.25) is 4.90 Å². The van der Waals surface area contributed by atoms with E-state index in [0.717, 1.165) is 0 Å². The molecule has 0 aromatic carbocycles. The van der Waals surface area contributed by atoms with Crippen LogP contribution in [0.3, 0.4) is 0 Å². The summed E-state index contributed by atoms with van der Waals surface area (Å²) in [5.41, 5.74) is 2.68. The summed E-state index contributed by atoms with van der Waals surface area (Å²) < 4.78 is 5.19. The molecule has 2 heterocycles. The van der Waals surface area contributed by atoms with Crippen LogP contribution in [0.25, 0.3) is 0 Å². The van der Waals surface area contributed by atoms with E-state index in [9.17, 15) is 0 Å². The highest BCUT2D eigenvalue weighted by molar-refractivity contribution is 5.31. The Bertz CT molecular complexity index is 390. The first-order valence-electron chi connectivity index (χ1n) is 7.00. The van der Waals surface area contributed by atoms with Crippen molar-refractivity contribution in [3.8, 4) is 5.88 Å². The minimum atomic E-state index is 0.553. The highest BCUT2D eigenvalue weighted by Crippen LogP contribution is 2.33. The lowest BCUT2D eigenvalue weighted by Crippen LogP contribution is -2.34. The van der Waals surface area contributed by atoms with Crippen LogP contribution in [0.4, 0.5) is 0 Å². The molecule has 1 fully saturated rings. The summed E-state index contributed by atoms with van der Waals surface area (Å²) in [4.78, 5) is 6.99. The molecule has 3 heteroatoms. The third-order valence-corrected chi connectivity index (χ3v) is 3.82. The Morgan fingerprint density at radius 1 is 1.44 bits per heavy atom. The Hall–Kier alpha value is -1.09. The smallest absolute Gasteiger partial charge is 0.213 e. The molecule has 0 bridgehead atoms. The maximum Gasteiger partial charge on any atom is 0.213 e. The molecule has 1 aliphatic rings. The van der Waals surface area contributed by atoms with Gasteiger partial charge in [-0.05, 0) is 50.4 Å². The number of nitrogens with zero attached hydrogens (tertiary/aromatic N) is 2. The van der Waals surface area contributed by atoms with Gasteiger partial charge in [0.2, 0.25) is 5.88 Å². The molecule has 2 rings (SSSR count). The minimum absolute atomic E-state index is 0.553. The molecule has 3 nitrogen and oxygen atoms in total. The van der Waals surface area contributed by atoms with Crippen LogP contribution in [-0.4, -0.2) is 30.1 Å². The summed E-state index contributed by atoms with van der Waals surface area (Å²) >= 11 is 0. The first-order valence-corrected chi connectivity index (χ1v) is 7.00. The number of ether oxygens (including phenoxy) is 1. The monoisotopic (exact) mass is 248 g/mol. The molecule has 1 atom stereocenters. The Labute approximate surface area is 110 Å². The van der Waals surface area contributed by atoms with Gasteiger partial charge >= 0.3 is 0 Å². The molecular formula is C15H24N2O. The van der Waals surface area contributed by atoms with Crippen molar-refractivity contribution < 1.29 is 4.74 Å². The molecule has 0 spiro atoms. The van der Waals surface area contributed by atoms with E-state index in [1.165, 1.54) is 49.9 Å². The molecule has 0 radical (unpaired) electrons. The average molecular weight is 248 g/mol. The Balaban J connectivity index is 2.22. The summed E-state index contributed by atoms with van der Waals surface area (Å²) in [6.07, 6.45) is 7.15. The van der Waals surface area contributed by atoms with Gasteiger partial charge < -0.3 is 4.74 Å². The second-order valence-corrected chi connectivity index (χ2v) is 5.13. The van der Waals surface area contributed by atoms with E-state index in [2.05, 4.69) is 23.7 Å². The molecule has 1 aliphatic heterocycles. The number of aryl methyl sites for hydroxylation is 1. The van der Waals surface area contributed by atoms with E-state index in [0.29, 0.717) is 11.9 Å². The number of likely N-dealkylation sites (tertiary alicyclic amines) is 1. The number of piperidine rings is 1. The number of hydrogen-bond acceptors (Lipinski definition) is 3. The lowest BCUT2D eigenvalue weighted by atomic mass is 9.93. The Morgan fingerprint density at radius 2 is 2.28 bits per heavy atom. The van der Waals surface area contributed by atoms with Crippen LogP contribution in [0, 0.1) is 6.92 Å². The van der Waals surface area contributed by atoms with Crippen LogP contribution < -0.4 is 4.74 Å². The zero-order chi connectivity index (χ0) is 13.0. The zero-order valence-corrected chi connectivity index (χ0v) is 11.8. The molecule has 100 valence electrons. The van der Waals surface area contributed by atoms with Crippen molar-refractivity contribution in [2.45, 2.75) is 45.6 Å². The van der Waals surface area contributed by atoms with E-state index < -0.39 is 0 Å². The highest BCUT2D eigenvalue weighted by atomic mass is 16.5. The van der Waals surface area contributed by atoms with Crippen LogP contribution in [-0.2, 0) is 0 Å². The quantitative estimate of drug-likeness (QED) is 0.817. The normalized spacial score (nSPS) is 20.9. The molecule has 0 unspecified atom stereocenters. The predicted molar refractivity (Wildman–Crippen MR) is 74.0 cm³/mol. The van der Waals surface area contributed by atoms with Gasteiger partial charge in [0.25, 0.3) is 0 Å². The van der Waals surface area contributed by atoms with Gasteiger partial charge in [0.1, 0.15) is 0 Å². The molecule has 0 aliphatic carbocycles. The average Bonchev–Trinajstić information content (AvgIpc) is 2.40. The Kier molecular flexibility index (Phi) is 4.59. The van der Waals surface area contributed by atoms with Crippen molar-refractivity contribution in [1.82, 2.24) is 9.88 Å². The maximum absolute atomic E-state index is 5.19. The van der Waals surface area contributed by atoms with E-state index >= 15 is 0 Å². The first-order chi connectivity index (χ1) is 8.76. The van der Waals surface area contributed by atoms with Crippen molar-refractivity contribution in [2.24, 2.45) is 0 Å². The van der Waals surface area contributed by atoms with Gasteiger partial charge in [0.15, 0.2) is 0 Å². The van der Waals surface area contributed by atoms with Gasteiger partial charge in [-0.1, -0.05) is 13.3 Å². The molecule has 0 amide bonds. The molecular weight excluding hydrogens is 224 g/mol. The Morgan fingerprint density at radius 3 is 2.94 bits per heavy atom. The SMILES string of the molecule is CCCN1CCCC[C@@H]1c1cnc(OC)cc1C. The topological polar surface area (TPSA) is 25.4 Å². The van der Waals surface area contributed by atoms with Gasteiger partial charge in [0, 0.05) is 18.3 Å². The fourth-order valence-corrected chi connectivity index (χ4v) is 2.90. The lowest BCUT2D eigenvalue weighted by Gasteiger charge is -2.36. The zero-order valence-electron chi connectivity index (χ0n) is 11.8. The van der Waals surface area contributed by atoms with Gasteiger partial charge in [0.05, 0.1) is 7.11 Å². The summed E-state index contributed by atoms with van der Waals surface area (Å²) in [7, 11) is 1.67. The highest BCUT2D eigenvalue weighted by Gasteiger charge is 2.24. The number of rotatable bonds is 4. The van der Waals surface area contributed by atoms with E-state index in [4.69, 9.17) is 4.74 Å². The maximum atomic E-state index is 5.19. The van der Waals surface area contributed by atoms with Crippen molar-refractivity contribution in [3.05, 3.63) is 23.4 Å².